The lowest BCUT2D eigenvalue weighted by molar-refractivity contribution is -0.870. The number of hydrogen-bond donors (Lipinski definition) is 2. The van der Waals surface area contributed by atoms with Crippen LogP contribution >= 0.6 is 7.82 Å². The van der Waals surface area contributed by atoms with Crippen LogP contribution in [0.3, 0.4) is 0 Å². The Balaban J connectivity index is 4.43. The van der Waals surface area contributed by atoms with Gasteiger partial charge in [-0.1, -0.05) is 194 Å². The number of likely N-dealkylation sites (N-methyl/N-ethyl adjacent to an activating group) is 1. The number of rotatable bonds is 42. The van der Waals surface area contributed by atoms with Crippen molar-refractivity contribution >= 4 is 19.8 Å². The van der Waals surface area contributed by atoms with Crippen LogP contribution in [-0.2, 0) is 32.7 Å². The van der Waals surface area contributed by atoms with E-state index in [2.05, 4.69) is 13.8 Å². The normalized spacial score (nSPS) is 14.1. The van der Waals surface area contributed by atoms with E-state index in [0.717, 1.165) is 38.5 Å². The molecule has 1 unspecified atom stereocenters. The Labute approximate surface area is 339 Å². The second-order valence-electron chi connectivity index (χ2n) is 17.0. The number of esters is 2. The van der Waals surface area contributed by atoms with Crippen molar-refractivity contribution in [1.82, 2.24) is 0 Å². The number of phosphoric ester groups is 1. The van der Waals surface area contributed by atoms with E-state index in [-0.39, 0.29) is 26.1 Å². The molecular weight excluding hydrogens is 715 g/mol. The van der Waals surface area contributed by atoms with Gasteiger partial charge in [0.15, 0.2) is 12.3 Å². The van der Waals surface area contributed by atoms with E-state index in [4.69, 9.17) is 24.3 Å². The summed E-state index contributed by atoms with van der Waals surface area (Å²) in [5.74, 6) is -0.923. The topological polar surface area (TPSA) is 134 Å². The Morgan fingerprint density at radius 3 is 1.24 bits per heavy atom. The Kier molecular flexibility index (Phi) is 36.6. The molecule has 55 heavy (non-hydrogen) atoms. The van der Waals surface area contributed by atoms with Crippen LogP contribution in [0.25, 0.3) is 0 Å². The number of ether oxygens (including phenoxy) is 2. The van der Waals surface area contributed by atoms with Crippen molar-refractivity contribution in [1.29, 1.82) is 0 Å². The molecule has 0 aliphatic rings. The molecule has 3 N–H and O–H groups in total. The molecule has 0 rings (SSSR count). The molecule has 3 atom stereocenters. The predicted octanol–water partition coefficient (Wildman–Crippen LogP) is 12.1. The minimum atomic E-state index is -4.55. The van der Waals surface area contributed by atoms with Crippen molar-refractivity contribution in [3.05, 3.63) is 0 Å². The summed E-state index contributed by atoms with van der Waals surface area (Å²) in [6.45, 7) is 4.60. The summed E-state index contributed by atoms with van der Waals surface area (Å²) in [5.41, 5.74) is 6.11. The molecule has 0 saturated carbocycles. The van der Waals surface area contributed by atoms with Crippen LogP contribution in [-0.4, -0.2) is 74.5 Å². The predicted molar refractivity (Wildman–Crippen MR) is 228 cm³/mol. The molecule has 0 aromatic heterocycles. The molecule has 0 spiro atoms. The van der Waals surface area contributed by atoms with Gasteiger partial charge in [-0.05, 0) is 12.8 Å². The van der Waals surface area contributed by atoms with E-state index in [1.807, 2.05) is 21.1 Å². The maximum absolute atomic E-state index is 12.8. The van der Waals surface area contributed by atoms with Gasteiger partial charge in [0.25, 0.3) is 0 Å². The molecule has 0 amide bonds. The first-order valence-corrected chi connectivity index (χ1v) is 24.5. The molecule has 0 fully saturated rings. The van der Waals surface area contributed by atoms with Crippen LogP contribution < -0.4 is 5.73 Å². The number of carbonyl (C=O) groups excluding carboxylic acids is 2. The number of nitrogens with two attached hydrogens (primary N) is 1. The van der Waals surface area contributed by atoms with Crippen LogP contribution in [0.2, 0.25) is 0 Å². The molecule has 328 valence electrons. The van der Waals surface area contributed by atoms with Gasteiger partial charge in [-0.2, -0.15) is 0 Å². The molecule has 0 aromatic carbocycles. The van der Waals surface area contributed by atoms with Gasteiger partial charge in [0.05, 0.1) is 21.1 Å². The van der Waals surface area contributed by atoms with E-state index in [1.165, 1.54) is 148 Å². The maximum atomic E-state index is 12.8. The van der Waals surface area contributed by atoms with Crippen LogP contribution in [0, 0.1) is 0 Å². The molecule has 0 heterocycles. The van der Waals surface area contributed by atoms with Gasteiger partial charge in [0.2, 0.25) is 0 Å². The van der Waals surface area contributed by atoms with E-state index in [9.17, 15) is 19.0 Å². The summed E-state index contributed by atoms with van der Waals surface area (Å²) in [4.78, 5) is 35.6. The van der Waals surface area contributed by atoms with E-state index >= 15 is 0 Å². The standard InChI is InChI=1S/C44H89N2O8P/c1-6-8-10-12-14-16-18-20-22-24-26-28-30-32-34-36-42(47)51-40-41(44(45)54-55(49,50)52-39-38-46(3,4)5)53-43(48)37-35-33-31-29-27-25-23-21-19-17-15-13-11-9-7-2/h41,44H,6-40,45H2,1-5H3/p+1/t41-,44+/m1/s1. The quantitative estimate of drug-likeness (QED) is 0.0203. The molecule has 10 nitrogen and oxygen atoms in total. The first-order valence-electron chi connectivity index (χ1n) is 23.0. The van der Waals surface area contributed by atoms with Gasteiger partial charge < -0.3 is 24.6 Å². The summed E-state index contributed by atoms with van der Waals surface area (Å²) < 4.78 is 34.4. The molecule has 0 bridgehead atoms. The SMILES string of the molecule is CCCCCCCCCCCCCCCCCC(=O)OC[C@@H](OC(=O)CCCCCCCCCCCCCCCCC)[C@@H](N)OP(=O)(O)OCC[N+](C)(C)C. The van der Waals surface area contributed by atoms with Crippen LogP contribution in [0.1, 0.15) is 219 Å². The fourth-order valence-corrected chi connectivity index (χ4v) is 7.45. The first kappa shape index (κ1) is 54.0. The van der Waals surface area contributed by atoms with Crippen LogP contribution in [0.5, 0.6) is 0 Å². The summed E-state index contributed by atoms with van der Waals surface area (Å²) in [7, 11) is 1.25. The first-order chi connectivity index (χ1) is 26.4. The highest BCUT2D eigenvalue weighted by atomic mass is 31.2. The highest BCUT2D eigenvalue weighted by molar-refractivity contribution is 7.47. The fraction of sp³-hybridized carbons (Fsp3) is 0.955. The molecule has 0 aliphatic carbocycles. The number of quaternary nitrogens is 1. The smallest absolute Gasteiger partial charge is 0.462 e. The van der Waals surface area contributed by atoms with E-state index < -0.39 is 32.1 Å². The van der Waals surface area contributed by atoms with Gasteiger partial charge in [0.1, 0.15) is 19.8 Å². The van der Waals surface area contributed by atoms with E-state index in [1.54, 1.807) is 0 Å². The van der Waals surface area contributed by atoms with E-state index in [0.29, 0.717) is 17.4 Å². The van der Waals surface area contributed by atoms with Gasteiger partial charge in [-0.3, -0.25) is 18.6 Å². The lowest BCUT2D eigenvalue weighted by atomic mass is 10.0. The zero-order chi connectivity index (χ0) is 40.9. The highest BCUT2D eigenvalue weighted by Gasteiger charge is 2.33. The lowest BCUT2D eigenvalue weighted by Gasteiger charge is -2.26. The number of hydrogen-bond acceptors (Lipinski definition) is 8. The minimum Gasteiger partial charge on any atom is -0.462 e. The molecule has 0 saturated heterocycles. The summed E-state index contributed by atoms with van der Waals surface area (Å²) in [6, 6.07) is 0. The third-order valence-electron chi connectivity index (χ3n) is 10.3. The maximum Gasteiger partial charge on any atom is 0.474 e. The van der Waals surface area contributed by atoms with Crippen molar-refractivity contribution in [2.45, 2.75) is 232 Å². The Bertz CT molecular complexity index is 932. The van der Waals surface area contributed by atoms with Crippen molar-refractivity contribution in [3.63, 3.8) is 0 Å². The second kappa shape index (κ2) is 37.3. The van der Waals surface area contributed by atoms with Crippen molar-refractivity contribution in [2.75, 3.05) is 40.9 Å². The number of phosphoric acid groups is 1. The van der Waals surface area contributed by atoms with Crippen molar-refractivity contribution < 1.29 is 42.1 Å². The number of carbonyl (C=O) groups is 2. The second-order valence-corrected chi connectivity index (χ2v) is 18.4. The van der Waals surface area contributed by atoms with Gasteiger partial charge in [0, 0.05) is 12.8 Å². The van der Waals surface area contributed by atoms with Gasteiger partial charge >= 0.3 is 19.8 Å². The molecule has 0 aliphatic heterocycles. The third-order valence-corrected chi connectivity index (χ3v) is 11.3. The monoisotopic (exact) mass is 806 g/mol. The molecule has 0 aromatic rings. The molecule has 0 radical (unpaired) electrons. The minimum absolute atomic E-state index is 0.0259. The van der Waals surface area contributed by atoms with Gasteiger partial charge in [-0.15, -0.1) is 0 Å². The highest BCUT2D eigenvalue weighted by Crippen LogP contribution is 2.44. The molecular formula is C44H90N2O8P+. The number of nitrogens with zero attached hydrogens (tertiary/aromatic N) is 1. The lowest BCUT2D eigenvalue weighted by Crippen LogP contribution is -2.43. The summed E-state index contributed by atoms with van der Waals surface area (Å²) in [5, 5.41) is 0. The van der Waals surface area contributed by atoms with Gasteiger partial charge in [-0.25, -0.2) is 4.57 Å². The average Bonchev–Trinajstić information content (AvgIpc) is 3.12. The molecule has 11 heteroatoms. The number of unbranched alkanes of at least 4 members (excludes halogenated alkanes) is 28. The van der Waals surface area contributed by atoms with Crippen molar-refractivity contribution in [2.24, 2.45) is 5.73 Å². The Morgan fingerprint density at radius 1 is 0.564 bits per heavy atom. The Hall–Kier alpha value is -1.03. The van der Waals surface area contributed by atoms with Crippen LogP contribution in [0.4, 0.5) is 0 Å². The largest absolute Gasteiger partial charge is 0.474 e. The third kappa shape index (κ3) is 39.6. The summed E-state index contributed by atoms with van der Waals surface area (Å²) >= 11 is 0. The fourth-order valence-electron chi connectivity index (χ4n) is 6.63. The zero-order valence-electron chi connectivity index (χ0n) is 36.7. The zero-order valence-corrected chi connectivity index (χ0v) is 37.6. The van der Waals surface area contributed by atoms with Crippen molar-refractivity contribution in [3.8, 4) is 0 Å². The van der Waals surface area contributed by atoms with Crippen LogP contribution in [0.15, 0.2) is 0 Å². The Morgan fingerprint density at radius 2 is 0.891 bits per heavy atom. The summed E-state index contributed by atoms with van der Waals surface area (Å²) in [6.07, 6.45) is 34.8. The average molecular weight is 806 g/mol.